The Balaban J connectivity index is 2.59. The summed E-state index contributed by atoms with van der Waals surface area (Å²) in [5, 5.41) is 8.51. The van der Waals surface area contributed by atoms with Crippen LogP contribution in [0.2, 0.25) is 0 Å². The molecule has 78 valence electrons. The SMILES string of the molecule is CCc1occc1[C@@H](N)CCC(=O)O. The van der Waals surface area contributed by atoms with Crippen molar-refractivity contribution in [3.63, 3.8) is 0 Å². The second-order valence-electron chi connectivity index (χ2n) is 3.19. The first kappa shape index (κ1) is 10.8. The minimum atomic E-state index is -0.818. The number of rotatable bonds is 5. The Bertz CT molecular complexity index is 306. The predicted octanol–water partition coefficient (Wildman–Crippen LogP) is 1.71. The number of hydrogen-bond acceptors (Lipinski definition) is 3. The molecule has 1 atom stereocenters. The van der Waals surface area contributed by atoms with Crippen LogP contribution in [0.1, 0.15) is 37.1 Å². The maximum absolute atomic E-state index is 10.3. The third kappa shape index (κ3) is 2.60. The van der Waals surface area contributed by atoms with Crippen LogP contribution in [0.25, 0.3) is 0 Å². The van der Waals surface area contributed by atoms with Crippen LogP contribution >= 0.6 is 0 Å². The van der Waals surface area contributed by atoms with Crippen molar-refractivity contribution in [1.82, 2.24) is 0 Å². The van der Waals surface area contributed by atoms with E-state index in [0.717, 1.165) is 17.7 Å². The highest BCUT2D eigenvalue weighted by molar-refractivity contribution is 5.66. The molecule has 1 aromatic heterocycles. The monoisotopic (exact) mass is 197 g/mol. The Kier molecular flexibility index (Phi) is 3.71. The number of carboxylic acids is 1. The lowest BCUT2D eigenvalue weighted by Crippen LogP contribution is -2.12. The first-order valence-electron chi connectivity index (χ1n) is 4.68. The Morgan fingerprint density at radius 3 is 3.00 bits per heavy atom. The van der Waals surface area contributed by atoms with Crippen LogP contribution in [0, 0.1) is 0 Å². The summed E-state index contributed by atoms with van der Waals surface area (Å²) >= 11 is 0. The van der Waals surface area contributed by atoms with Gasteiger partial charge < -0.3 is 15.3 Å². The minimum Gasteiger partial charge on any atom is -0.481 e. The fourth-order valence-corrected chi connectivity index (χ4v) is 1.40. The molecule has 0 saturated carbocycles. The van der Waals surface area contributed by atoms with Gasteiger partial charge in [-0.05, 0) is 12.5 Å². The van der Waals surface area contributed by atoms with Crippen LogP contribution in [0.15, 0.2) is 16.7 Å². The van der Waals surface area contributed by atoms with Crippen LogP contribution in [0.3, 0.4) is 0 Å². The molecule has 0 aliphatic rings. The maximum Gasteiger partial charge on any atom is 0.303 e. The van der Waals surface area contributed by atoms with Gasteiger partial charge in [-0.25, -0.2) is 0 Å². The summed E-state index contributed by atoms with van der Waals surface area (Å²) in [5.41, 5.74) is 6.77. The lowest BCUT2D eigenvalue weighted by atomic mass is 10.0. The van der Waals surface area contributed by atoms with Crippen LogP contribution < -0.4 is 5.73 Å². The van der Waals surface area contributed by atoms with E-state index in [2.05, 4.69) is 0 Å². The van der Waals surface area contributed by atoms with E-state index >= 15 is 0 Å². The van der Waals surface area contributed by atoms with E-state index in [1.807, 2.05) is 13.0 Å². The molecule has 0 aliphatic heterocycles. The summed E-state index contributed by atoms with van der Waals surface area (Å²) in [5.74, 6) is 0.0323. The van der Waals surface area contributed by atoms with Crippen LogP contribution in [0.5, 0.6) is 0 Å². The zero-order valence-corrected chi connectivity index (χ0v) is 8.19. The zero-order chi connectivity index (χ0) is 10.6. The molecule has 4 nitrogen and oxygen atoms in total. The molecule has 0 radical (unpaired) electrons. The summed E-state index contributed by atoms with van der Waals surface area (Å²) in [6, 6.07) is 1.57. The van der Waals surface area contributed by atoms with Gasteiger partial charge in [-0.3, -0.25) is 4.79 Å². The Hall–Kier alpha value is -1.29. The first-order chi connectivity index (χ1) is 6.65. The zero-order valence-electron chi connectivity index (χ0n) is 8.19. The largest absolute Gasteiger partial charge is 0.481 e. The topological polar surface area (TPSA) is 76.5 Å². The van der Waals surface area contributed by atoms with Crippen LogP contribution in [-0.4, -0.2) is 11.1 Å². The number of hydrogen-bond donors (Lipinski definition) is 2. The summed E-state index contributed by atoms with van der Waals surface area (Å²) < 4.78 is 5.21. The Morgan fingerprint density at radius 1 is 1.71 bits per heavy atom. The van der Waals surface area contributed by atoms with Gasteiger partial charge in [0.25, 0.3) is 0 Å². The predicted molar refractivity (Wildman–Crippen MR) is 51.9 cm³/mol. The van der Waals surface area contributed by atoms with Crippen LogP contribution in [0.4, 0.5) is 0 Å². The van der Waals surface area contributed by atoms with E-state index in [1.54, 1.807) is 6.26 Å². The van der Waals surface area contributed by atoms with E-state index in [4.69, 9.17) is 15.3 Å². The number of carboxylic acid groups (broad SMARTS) is 1. The summed E-state index contributed by atoms with van der Waals surface area (Å²) in [7, 11) is 0. The Morgan fingerprint density at radius 2 is 2.43 bits per heavy atom. The van der Waals surface area contributed by atoms with E-state index in [1.165, 1.54) is 0 Å². The van der Waals surface area contributed by atoms with Gasteiger partial charge in [-0.1, -0.05) is 6.92 Å². The molecule has 3 N–H and O–H groups in total. The highest BCUT2D eigenvalue weighted by Crippen LogP contribution is 2.21. The standard InChI is InChI=1S/C10H15NO3/c1-2-9-7(5-6-14-9)8(11)3-4-10(12)13/h5-6,8H,2-4,11H2,1H3,(H,12,13)/t8-/m0/s1. The number of aliphatic carboxylic acids is 1. The lowest BCUT2D eigenvalue weighted by Gasteiger charge is -2.09. The summed E-state index contributed by atoms with van der Waals surface area (Å²) in [4.78, 5) is 10.3. The van der Waals surface area contributed by atoms with Crippen molar-refractivity contribution >= 4 is 5.97 Å². The molecule has 0 saturated heterocycles. The van der Waals surface area contributed by atoms with Crippen molar-refractivity contribution in [3.05, 3.63) is 23.7 Å². The van der Waals surface area contributed by atoms with Crippen molar-refractivity contribution in [1.29, 1.82) is 0 Å². The van der Waals surface area contributed by atoms with Gasteiger partial charge >= 0.3 is 5.97 Å². The van der Waals surface area contributed by atoms with Gasteiger partial charge in [-0.2, -0.15) is 0 Å². The molecule has 0 bridgehead atoms. The lowest BCUT2D eigenvalue weighted by molar-refractivity contribution is -0.137. The van der Waals surface area contributed by atoms with E-state index in [9.17, 15) is 4.79 Å². The number of aryl methyl sites for hydroxylation is 1. The third-order valence-corrected chi connectivity index (χ3v) is 2.17. The molecule has 0 fully saturated rings. The third-order valence-electron chi connectivity index (χ3n) is 2.17. The first-order valence-corrected chi connectivity index (χ1v) is 4.68. The molecule has 0 amide bonds. The van der Waals surface area contributed by atoms with Crippen molar-refractivity contribution in [2.75, 3.05) is 0 Å². The number of nitrogens with two attached hydrogens (primary N) is 1. The smallest absolute Gasteiger partial charge is 0.303 e. The molecule has 0 aromatic carbocycles. The van der Waals surface area contributed by atoms with Crippen molar-refractivity contribution in [2.24, 2.45) is 5.73 Å². The van der Waals surface area contributed by atoms with E-state index < -0.39 is 5.97 Å². The van der Waals surface area contributed by atoms with Gasteiger partial charge in [0.2, 0.25) is 0 Å². The average Bonchev–Trinajstić information content (AvgIpc) is 2.61. The van der Waals surface area contributed by atoms with E-state index in [-0.39, 0.29) is 12.5 Å². The quantitative estimate of drug-likeness (QED) is 0.753. The van der Waals surface area contributed by atoms with Crippen molar-refractivity contribution in [2.45, 2.75) is 32.2 Å². The van der Waals surface area contributed by atoms with Gasteiger partial charge in [0.1, 0.15) is 5.76 Å². The highest BCUT2D eigenvalue weighted by atomic mass is 16.4. The molecular formula is C10H15NO3. The molecular weight excluding hydrogens is 182 g/mol. The second kappa shape index (κ2) is 4.81. The van der Waals surface area contributed by atoms with Crippen LogP contribution in [-0.2, 0) is 11.2 Å². The Labute approximate surface area is 82.7 Å². The average molecular weight is 197 g/mol. The normalized spacial score (nSPS) is 12.7. The maximum atomic E-state index is 10.3. The van der Waals surface area contributed by atoms with E-state index in [0.29, 0.717) is 6.42 Å². The molecule has 1 aromatic rings. The summed E-state index contributed by atoms with van der Waals surface area (Å²) in [6.45, 7) is 1.98. The summed E-state index contributed by atoms with van der Waals surface area (Å²) in [6.07, 6.45) is 2.91. The number of furan rings is 1. The van der Waals surface area contributed by atoms with Gasteiger partial charge in [0, 0.05) is 24.4 Å². The molecule has 14 heavy (non-hydrogen) atoms. The van der Waals surface area contributed by atoms with Crippen molar-refractivity contribution < 1.29 is 14.3 Å². The molecule has 1 heterocycles. The second-order valence-corrected chi connectivity index (χ2v) is 3.19. The minimum absolute atomic E-state index is 0.0928. The van der Waals surface area contributed by atoms with Crippen molar-refractivity contribution in [3.8, 4) is 0 Å². The molecule has 0 spiro atoms. The van der Waals surface area contributed by atoms with Gasteiger partial charge in [0.15, 0.2) is 0 Å². The molecule has 1 rings (SSSR count). The molecule has 0 unspecified atom stereocenters. The van der Waals surface area contributed by atoms with Gasteiger partial charge in [0.05, 0.1) is 6.26 Å². The molecule has 0 aliphatic carbocycles. The number of carbonyl (C=O) groups is 1. The fourth-order valence-electron chi connectivity index (χ4n) is 1.40. The molecule has 4 heteroatoms. The van der Waals surface area contributed by atoms with Gasteiger partial charge in [-0.15, -0.1) is 0 Å². The fraction of sp³-hybridized carbons (Fsp3) is 0.500. The highest BCUT2D eigenvalue weighted by Gasteiger charge is 2.13.